The van der Waals surface area contributed by atoms with E-state index in [0.29, 0.717) is 0 Å². The zero-order valence-corrected chi connectivity index (χ0v) is 26.3. The Morgan fingerprint density at radius 2 is 1.09 bits per heavy atom. The summed E-state index contributed by atoms with van der Waals surface area (Å²) in [4.78, 5) is 0. The molecule has 2 aliphatic carbocycles. The second kappa shape index (κ2) is 9.76. The Labute approximate surface area is 269 Å². The summed E-state index contributed by atoms with van der Waals surface area (Å²) in [6, 6.07) is 45.4. The van der Waals surface area contributed by atoms with E-state index in [1.807, 2.05) is 6.07 Å². The van der Waals surface area contributed by atoms with Crippen LogP contribution in [0.2, 0.25) is 0 Å². The maximum absolute atomic E-state index is 4.84. The van der Waals surface area contributed by atoms with Crippen LogP contribution in [0.25, 0.3) is 56.0 Å². The van der Waals surface area contributed by atoms with Crippen LogP contribution in [0.1, 0.15) is 38.3 Å². The molecular formula is C42H34N4. The summed E-state index contributed by atoms with van der Waals surface area (Å²) >= 11 is 0. The molecule has 2 heterocycles. The molecule has 9 rings (SSSR count). The van der Waals surface area contributed by atoms with Crippen molar-refractivity contribution in [1.82, 2.24) is 19.3 Å². The molecule has 222 valence electrons. The number of benzene rings is 5. The predicted octanol–water partition coefficient (Wildman–Crippen LogP) is 10.1. The van der Waals surface area contributed by atoms with Crippen LogP contribution in [0.5, 0.6) is 0 Å². The molecule has 0 amide bonds. The van der Waals surface area contributed by atoms with Crippen molar-refractivity contribution in [2.45, 2.75) is 38.0 Å². The molecule has 0 aliphatic heterocycles. The lowest BCUT2D eigenvalue weighted by Crippen LogP contribution is -2.28. The molecule has 4 nitrogen and oxygen atoms in total. The fourth-order valence-electron chi connectivity index (χ4n) is 8.17. The molecule has 0 fully saturated rings. The SMILES string of the molecule is CC1(C)C2=CC(n3c(-c4ccccc4)nnc3-c3ccc(-n4c5ccccc5c5ccccc54)cc3)=CCC2(C)c2ccccc21. The smallest absolute Gasteiger partial charge is 0.168 e. The summed E-state index contributed by atoms with van der Waals surface area (Å²) in [6.45, 7) is 7.13. The minimum Gasteiger partial charge on any atom is -0.309 e. The quantitative estimate of drug-likeness (QED) is 0.203. The lowest BCUT2D eigenvalue weighted by Gasteiger charge is -2.35. The Kier molecular flexibility index (Phi) is 5.70. The molecular weight excluding hydrogens is 560 g/mol. The third kappa shape index (κ3) is 3.73. The third-order valence-corrected chi connectivity index (χ3v) is 10.4. The highest BCUT2D eigenvalue weighted by molar-refractivity contribution is 6.09. The first kappa shape index (κ1) is 26.9. The van der Waals surface area contributed by atoms with Gasteiger partial charge in [-0.05, 0) is 65.6 Å². The molecule has 1 unspecified atom stereocenters. The summed E-state index contributed by atoms with van der Waals surface area (Å²) in [5, 5.41) is 12.2. The van der Waals surface area contributed by atoms with Crippen LogP contribution < -0.4 is 0 Å². The summed E-state index contributed by atoms with van der Waals surface area (Å²) in [5.41, 5.74) is 10.9. The molecule has 4 heteroatoms. The van der Waals surface area contributed by atoms with E-state index >= 15 is 0 Å². The standard InChI is InChI=1S/C42H34N4/c1-41(2)34-17-9-10-18-35(34)42(3)26-25-31(27-38(41)42)46-39(28-13-5-4-6-14-28)43-44-40(46)29-21-23-30(24-22-29)45-36-19-11-7-15-32(36)33-16-8-12-20-37(33)45/h4-25,27H,26H2,1-3H3. The van der Waals surface area contributed by atoms with Crippen molar-refractivity contribution < 1.29 is 0 Å². The second-order valence-corrected chi connectivity index (χ2v) is 13.4. The monoisotopic (exact) mass is 594 g/mol. The largest absolute Gasteiger partial charge is 0.309 e. The van der Waals surface area contributed by atoms with Crippen molar-refractivity contribution in [1.29, 1.82) is 0 Å². The van der Waals surface area contributed by atoms with Gasteiger partial charge in [0.1, 0.15) is 0 Å². The van der Waals surface area contributed by atoms with Crippen LogP contribution in [0.4, 0.5) is 0 Å². The molecule has 46 heavy (non-hydrogen) atoms. The van der Waals surface area contributed by atoms with Gasteiger partial charge >= 0.3 is 0 Å². The molecule has 2 aliphatic rings. The first-order chi connectivity index (χ1) is 22.4. The average Bonchev–Trinajstić information content (AvgIpc) is 3.74. The van der Waals surface area contributed by atoms with E-state index < -0.39 is 0 Å². The highest BCUT2D eigenvalue weighted by atomic mass is 15.3. The maximum Gasteiger partial charge on any atom is 0.168 e. The fraction of sp³-hybridized carbons (Fsp3) is 0.143. The first-order valence-corrected chi connectivity index (χ1v) is 16.1. The number of para-hydroxylation sites is 2. The van der Waals surface area contributed by atoms with Gasteiger partial charge in [0.2, 0.25) is 0 Å². The van der Waals surface area contributed by atoms with Gasteiger partial charge in [0.25, 0.3) is 0 Å². The van der Waals surface area contributed by atoms with Gasteiger partial charge < -0.3 is 4.57 Å². The van der Waals surface area contributed by atoms with Crippen molar-refractivity contribution in [3.8, 4) is 28.5 Å². The van der Waals surface area contributed by atoms with Crippen molar-refractivity contribution in [3.05, 3.63) is 156 Å². The van der Waals surface area contributed by atoms with Crippen LogP contribution in [0, 0.1) is 0 Å². The molecule has 0 radical (unpaired) electrons. The average molecular weight is 595 g/mol. The van der Waals surface area contributed by atoms with Gasteiger partial charge in [-0.1, -0.05) is 118 Å². The highest BCUT2D eigenvalue weighted by Crippen LogP contribution is 2.57. The highest BCUT2D eigenvalue weighted by Gasteiger charge is 2.49. The summed E-state index contributed by atoms with van der Waals surface area (Å²) < 4.78 is 4.61. The lowest BCUT2D eigenvalue weighted by atomic mass is 9.70. The van der Waals surface area contributed by atoms with E-state index in [9.17, 15) is 0 Å². The van der Waals surface area contributed by atoms with Gasteiger partial charge in [-0.15, -0.1) is 10.2 Å². The van der Waals surface area contributed by atoms with Gasteiger partial charge in [-0.25, -0.2) is 0 Å². The van der Waals surface area contributed by atoms with E-state index in [4.69, 9.17) is 10.2 Å². The predicted molar refractivity (Wildman–Crippen MR) is 189 cm³/mol. The van der Waals surface area contributed by atoms with E-state index in [2.05, 4.69) is 163 Å². The van der Waals surface area contributed by atoms with Gasteiger partial charge in [0.05, 0.1) is 11.0 Å². The number of hydrogen-bond acceptors (Lipinski definition) is 2. The Balaban J connectivity index is 1.19. The zero-order chi connectivity index (χ0) is 31.0. The minimum absolute atomic E-state index is 0.0331. The Hall–Kier alpha value is -5.48. The van der Waals surface area contributed by atoms with Crippen molar-refractivity contribution in [2.75, 3.05) is 0 Å². The van der Waals surface area contributed by atoms with Crippen LogP contribution in [-0.2, 0) is 10.8 Å². The summed E-state index contributed by atoms with van der Waals surface area (Å²) in [6.07, 6.45) is 5.72. The van der Waals surface area contributed by atoms with E-state index in [1.165, 1.54) is 38.5 Å². The number of aromatic nitrogens is 4. The fourth-order valence-corrected chi connectivity index (χ4v) is 8.17. The van der Waals surface area contributed by atoms with Crippen LogP contribution in [0.15, 0.2) is 145 Å². The van der Waals surface area contributed by atoms with Gasteiger partial charge in [0.15, 0.2) is 11.6 Å². The number of rotatable bonds is 4. The Bertz CT molecular complexity index is 2310. The van der Waals surface area contributed by atoms with E-state index in [-0.39, 0.29) is 10.8 Å². The normalized spacial score (nSPS) is 18.3. The zero-order valence-electron chi connectivity index (χ0n) is 26.3. The van der Waals surface area contributed by atoms with Gasteiger partial charge in [0, 0.05) is 44.1 Å². The van der Waals surface area contributed by atoms with Crippen LogP contribution >= 0.6 is 0 Å². The third-order valence-electron chi connectivity index (χ3n) is 10.4. The molecule has 0 spiro atoms. The van der Waals surface area contributed by atoms with E-state index in [0.717, 1.165) is 40.6 Å². The van der Waals surface area contributed by atoms with E-state index in [1.54, 1.807) is 0 Å². The molecule has 0 N–H and O–H groups in total. The van der Waals surface area contributed by atoms with Crippen LogP contribution in [-0.4, -0.2) is 19.3 Å². The summed E-state index contributed by atoms with van der Waals surface area (Å²) in [5.74, 6) is 1.69. The second-order valence-electron chi connectivity index (χ2n) is 13.4. The first-order valence-electron chi connectivity index (χ1n) is 16.1. The van der Waals surface area contributed by atoms with Crippen LogP contribution in [0.3, 0.4) is 0 Å². The van der Waals surface area contributed by atoms with Crippen molar-refractivity contribution in [2.24, 2.45) is 0 Å². The molecule has 7 aromatic rings. The lowest BCUT2D eigenvalue weighted by molar-refractivity contribution is 0.511. The number of hydrogen-bond donors (Lipinski definition) is 0. The molecule has 2 aromatic heterocycles. The minimum atomic E-state index is -0.0735. The van der Waals surface area contributed by atoms with Gasteiger partial charge in [-0.3, -0.25) is 4.57 Å². The molecule has 1 atom stereocenters. The maximum atomic E-state index is 4.84. The molecule has 0 saturated carbocycles. The Morgan fingerprint density at radius 1 is 0.543 bits per heavy atom. The molecule has 5 aromatic carbocycles. The number of fused-ring (bicyclic) bond motifs is 6. The topological polar surface area (TPSA) is 35.6 Å². The Morgan fingerprint density at radius 3 is 1.74 bits per heavy atom. The van der Waals surface area contributed by atoms with Crippen molar-refractivity contribution in [3.63, 3.8) is 0 Å². The number of allylic oxidation sites excluding steroid dienone is 4. The number of nitrogens with zero attached hydrogens (tertiary/aromatic N) is 4. The van der Waals surface area contributed by atoms with Gasteiger partial charge in [-0.2, -0.15) is 0 Å². The molecule has 0 bridgehead atoms. The van der Waals surface area contributed by atoms with Crippen molar-refractivity contribution >= 4 is 27.5 Å². The summed E-state index contributed by atoms with van der Waals surface area (Å²) in [7, 11) is 0. The molecule has 0 saturated heterocycles.